The minimum Gasteiger partial charge on any atom is -0.383 e. The Morgan fingerprint density at radius 1 is 1.14 bits per heavy atom. The van der Waals surface area contributed by atoms with Gasteiger partial charge in [-0.1, -0.05) is 30.3 Å². The van der Waals surface area contributed by atoms with Gasteiger partial charge in [-0.3, -0.25) is 19.1 Å². The summed E-state index contributed by atoms with van der Waals surface area (Å²) in [7, 11) is 0. The zero-order chi connectivity index (χ0) is 19.5. The Kier molecular flexibility index (Phi) is 3.76. The number of aromatic amines is 1. The summed E-state index contributed by atoms with van der Waals surface area (Å²) >= 11 is 0. The molecule has 1 amide bonds. The smallest absolute Gasteiger partial charge is 0.330 e. The van der Waals surface area contributed by atoms with E-state index in [4.69, 9.17) is 5.73 Å². The van der Waals surface area contributed by atoms with Gasteiger partial charge < -0.3 is 11.1 Å². The van der Waals surface area contributed by atoms with Crippen LogP contribution >= 0.6 is 0 Å². The van der Waals surface area contributed by atoms with Crippen molar-refractivity contribution in [2.75, 3.05) is 11.1 Å². The first-order valence-electron chi connectivity index (χ1n) is 9.94. The third kappa shape index (κ3) is 2.52. The number of nitrogen functional groups attached to an aromatic ring is 1. The van der Waals surface area contributed by atoms with Gasteiger partial charge in [0.05, 0.1) is 12.0 Å². The summed E-state index contributed by atoms with van der Waals surface area (Å²) in [6.45, 7) is 0.121. The Morgan fingerprint density at radius 2 is 1.82 bits per heavy atom. The van der Waals surface area contributed by atoms with Crippen LogP contribution in [0.1, 0.15) is 37.7 Å². The highest BCUT2D eigenvalue weighted by molar-refractivity contribution is 5.97. The van der Waals surface area contributed by atoms with Gasteiger partial charge in [0.15, 0.2) is 0 Å². The lowest BCUT2D eigenvalue weighted by Gasteiger charge is -2.31. The molecule has 4 N–H and O–H groups in total. The van der Waals surface area contributed by atoms with E-state index in [2.05, 4.69) is 10.3 Å². The number of benzene rings is 1. The van der Waals surface area contributed by atoms with Gasteiger partial charge in [-0.2, -0.15) is 0 Å². The van der Waals surface area contributed by atoms with Gasteiger partial charge in [0.1, 0.15) is 11.5 Å². The molecule has 2 aromatic rings. The number of carbonyl (C=O) groups excluding carboxylic acids is 1. The predicted molar refractivity (Wildman–Crippen MR) is 106 cm³/mol. The normalized spacial score (nSPS) is 29.9. The molecule has 4 aliphatic carbocycles. The molecule has 0 aliphatic heterocycles. The molecule has 0 saturated heterocycles. The van der Waals surface area contributed by atoms with Crippen LogP contribution in [0.15, 0.2) is 39.9 Å². The first-order chi connectivity index (χ1) is 13.5. The number of rotatable bonds is 4. The van der Waals surface area contributed by atoms with E-state index < -0.39 is 11.2 Å². The van der Waals surface area contributed by atoms with E-state index >= 15 is 0 Å². The highest BCUT2D eigenvalue weighted by atomic mass is 16.2. The van der Waals surface area contributed by atoms with Crippen molar-refractivity contribution in [1.82, 2.24) is 9.55 Å². The van der Waals surface area contributed by atoms with E-state index in [-0.39, 0.29) is 29.4 Å². The topological polar surface area (TPSA) is 110 Å². The van der Waals surface area contributed by atoms with Gasteiger partial charge in [-0.15, -0.1) is 0 Å². The van der Waals surface area contributed by atoms with E-state index in [1.807, 2.05) is 30.3 Å². The summed E-state index contributed by atoms with van der Waals surface area (Å²) < 4.78 is 1.08. The van der Waals surface area contributed by atoms with Crippen LogP contribution in [0.2, 0.25) is 0 Å². The first kappa shape index (κ1) is 17.3. The van der Waals surface area contributed by atoms with Crippen molar-refractivity contribution in [2.45, 2.75) is 38.6 Å². The number of nitrogens with two attached hydrogens (primary N) is 1. The maximum atomic E-state index is 13.2. The van der Waals surface area contributed by atoms with E-state index in [9.17, 15) is 14.4 Å². The van der Waals surface area contributed by atoms with Crippen LogP contribution < -0.4 is 22.3 Å². The minimum absolute atomic E-state index is 0.0128. The number of carbonyl (C=O) groups is 1. The number of amides is 1. The molecule has 7 nitrogen and oxygen atoms in total. The molecule has 4 bridgehead atoms. The number of anilines is 2. The second-order valence-electron chi connectivity index (χ2n) is 8.75. The van der Waals surface area contributed by atoms with Crippen molar-refractivity contribution in [3.8, 4) is 0 Å². The molecular weight excluding hydrogens is 356 g/mol. The predicted octanol–water partition coefficient (Wildman–Crippen LogP) is 1.93. The molecule has 1 heterocycles. The van der Waals surface area contributed by atoms with E-state index in [0.717, 1.165) is 35.8 Å². The summed E-state index contributed by atoms with van der Waals surface area (Å²) in [5, 5.41) is 2.81. The summed E-state index contributed by atoms with van der Waals surface area (Å²) in [4.78, 5) is 41.0. The third-order valence-electron chi connectivity index (χ3n) is 7.08. The fourth-order valence-corrected chi connectivity index (χ4v) is 6.02. The summed E-state index contributed by atoms with van der Waals surface area (Å²) in [5.74, 6) is 1.48. The van der Waals surface area contributed by atoms with E-state index in [1.165, 1.54) is 6.42 Å². The van der Waals surface area contributed by atoms with Gasteiger partial charge in [-0.05, 0) is 55.4 Å². The van der Waals surface area contributed by atoms with Gasteiger partial charge >= 0.3 is 5.69 Å². The fourth-order valence-electron chi connectivity index (χ4n) is 6.02. The molecule has 1 aromatic carbocycles. The van der Waals surface area contributed by atoms with Gasteiger partial charge in [-0.25, -0.2) is 4.79 Å². The average molecular weight is 380 g/mol. The van der Waals surface area contributed by atoms with Crippen LogP contribution in [0.25, 0.3) is 0 Å². The van der Waals surface area contributed by atoms with Crippen LogP contribution in [0, 0.1) is 23.2 Å². The molecule has 4 aliphatic rings. The number of H-pyrrole nitrogens is 1. The van der Waals surface area contributed by atoms with Crippen molar-refractivity contribution in [3.63, 3.8) is 0 Å². The Labute approximate surface area is 162 Å². The standard InChI is InChI=1S/C21H24N4O3/c22-17-16(18(26)25(20(28)24-17)11-12-4-2-1-3-5-12)23-19(27)21-9-13-6-14(10-21)8-15(21)7-13/h1-5,13-15H,6-11,22H2,(H,23,27)(H,24,28). The van der Waals surface area contributed by atoms with Gasteiger partial charge in [0, 0.05) is 0 Å². The number of hydrogen-bond donors (Lipinski definition) is 3. The molecule has 146 valence electrons. The molecule has 7 heteroatoms. The minimum atomic E-state index is -0.580. The van der Waals surface area contributed by atoms with Gasteiger partial charge in [0.2, 0.25) is 5.91 Å². The second-order valence-corrected chi connectivity index (χ2v) is 8.75. The molecule has 28 heavy (non-hydrogen) atoms. The molecule has 1 aromatic heterocycles. The van der Waals surface area contributed by atoms with Crippen molar-refractivity contribution >= 4 is 17.4 Å². The van der Waals surface area contributed by atoms with Gasteiger partial charge in [0.25, 0.3) is 5.56 Å². The molecular formula is C21H24N4O3. The Hall–Kier alpha value is -2.83. The first-order valence-corrected chi connectivity index (χ1v) is 9.94. The van der Waals surface area contributed by atoms with E-state index in [1.54, 1.807) is 0 Å². The largest absolute Gasteiger partial charge is 0.383 e. The maximum Gasteiger partial charge on any atom is 0.330 e. The Balaban J connectivity index is 1.47. The Morgan fingerprint density at radius 3 is 2.50 bits per heavy atom. The zero-order valence-corrected chi connectivity index (χ0v) is 15.6. The Bertz CT molecular complexity index is 1040. The van der Waals surface area contributed by atoms with E-state index in [0.29, 0.717) is 17.8 Å². The molecule has 4 saturated carbocycles. The molecule has 6 rings (SSSR count). The summed E-state index contributed by atoms with van der Waals surface area (Å²) in [6.07, 6.45) is 5.27. The fraction of sp³-hybridized carbons (Fsp3) is 0.476. The monoisotopic (exact) mass is 380 g/mol. The number of nitrogens with zero attached hydrogens (tertiary/aromatic N) is 1. The maximum absolute atomic E-state index is 13.2. The highest BCUT2D eigenvalue weighted by Gasteiger charge is 2.61. The number of hydrogen-bond acceptors (Lipinski definition) is 4. The molecule has 0 spiro atoms. The summed E-state index contributed by atoms with van der Waals surface area (Å²) in [5.41, 5.74) is 5.22. The molecule has 2 atom stereocenters. The van der Waals surface area contributed by atoms with Crippen LogP contribution in [-0.4, -0.2) is 15.5 Å². The lowest BCUT2D eigenvalue weighted by atomic mass is 9.75. The van der Waals surface area contributed by atoms with Crippen LogP contribution in [0.4, 0.5) is 11.5 Å². The molecule has 2 unspecified atom stereocenters. The number of aromatic nitrogens is 2. The SMILES string of the molecule is Nc1[nH]c(=O)n(Cc2ccccc2)c(=O)c1NC(=O)C12CC3CC(CC1C3)C2. The molecule has 0 radical (unpaired) electrons. The molecule has 4 fully saturated rings. The van der Waals surface area contributed by atoms with Crippen molar-refractivity contribution in [2.24, 2.45) is 23.2 Å². The lowest BCUT2D eigenvalue weighted by molar-refractivity contribution is -0.127. The number of nitrogens with one attached hydrogen (secondary N) is 2. The summed E-state index contributed by atoms with van der Waals surface area (Å²) in [6, 6.07) is 9.24. The second kappa shape index (κ2) is 6.09. The lowest BCUT2D eigenvalue weighted by Crippen LogP contribution is -2.42. The van der Waals surface area contributed by atoms with Crippen LogP contribution in [-0.2, 0) is 11.3 Å². The van der Waals surface area contributed by atoms with Crippen LogP contribution in [0.3, 0.4) is 0 Å². The van der Waals surface area contributed by atoms with Crippen molar-refractivity contribution in [3.05, 3.63) is 56.7 Å². The third-order valence-corrected chi connectivity index (χ3v) is 7.08. The van der Waals surface area contributed by atoms with Crippen molar-refractivity contribution in [1.29, 1.82) is 0 Å². The average Bonchev–Trinajstić information content (AvgIpc) is 3.08. The van der Waals surface area contributed by atoms with Crippen molar-refractivity contribution < 1.29 is 4.79 Å². The highest BCUT2D eigenvalue weighted by Crippen LogP contribution is 2.65. The zero-order valence-electron chi connectivity index (χ0n) is 15.6. The quantitative estimate of drug-likeness (QED) is 0.753. The van der Waals surface area contributed by atoms with Crippen LogP contribution in [0.5, 0.6) is 0 Å².